The van der Waals surface area contributed by atoms with E-state index in [9.17, 15) is 4.79 Å². The average molecular weight is 231 g/mol. The van der Waals surface area contributed by atoms with Crippen LogP contribution in [0.2, 0.25) is 0 Å². The molecule has 0 amide bonds. The molecule has 3 N–H and O–H groups in total. The van der Waals surface area contributed by atoms with E-state index in [0.29, 0.717) is 5.75 Å². The van der Waals surface area contributed by atoms with E-state index in [1.54, 1.807) is 0 Å². The highest BCUT2D eigenvalue weighted by Gasteiger charge is 2.07. The minimum Gasteiger partial charge on any atom is -0.356 e. The lowest BCUT2D eigenvalue weighted by Crippen LogP contribution is -2.26. The first-order valence-corrected chi connectivity index (χ1v) is 5.27. The Morgan fingerprint density at radius 3 is 2.93 bits per heavy atom. The van der Waals surface area contributed by atoms with Gasteiger partial charge in [0.1, 0.15) is 5.82 Å². The van der Waals surface area contributed by atoms with Crippen molar-refractivity contribution in [2.24, 2.45) is 12.9 Å². The summed E-state index contributed by atoms with van der Waals surface area (Å²) < 4.78 is 1.86. The van der Waals surface area contributed by atoms with Gasteiger partial charge in [0.2, 0.25) is 0 Å². The largest absolute Gasteiger partial charge is 0.356 e. The third kappa shape index (κ3) is 3.50. The first kappa shape index (κ1) is 12.0. The molecule has 0 spiro atoms. The van der Waals surface area contributed by atoms with Crippen LogP contribution in [0.3, 0.4) is 0 Å². The topological polar surface area (TPSA) is 95.1 Å². The molecule has 0 atom stereocenters. The van der Waals surface area contributed by atoms with Gasteiger partial charge in [-0.25, -0.2) is 5.84 Å². The molecular weight excluding hydrogens is 218 g/mol. The van der Waals surface area contributed by atoms with Crippen molar-refractivity contribution in [3.63, 3.8) is 0 Å². The molecule has 15 heavy (non-hydrogen) atoms. The fraction of sp³-hybridized carbons (Fsp3) is 0.571. The number of nitrogens with two attached hydrogens (primary N) is 1. The van der Waals surface area contributed by atoms with Crippen LogP contribution in [-0.4, -0.2) is 26.5 Å². The Balaban J connectivity index is 2.32. The van der Waals surface area contributed by atoms with Crippen LogP contribution in [0.5, 0.6) is 0 Å². The van der Waals surface area contributed by atoms with Crippen LogP contribution >= 0.6 is 11.8 Å². The van der Waals surface area contributed by atoms with E-state index in [2.05, 4.69) is 15.0 Å². The SMILES string of the molecule is Cc1nnc(SCCC(=O)ONN)n1C. The molecule has 0 fully saturated rings. The second kappa shape index (κ2) is 5.69. The van der Waals surface area contributed by atoms with Crippen LogP contribution in [-0.2, 0) is 16.7 Å². The van der Waals surface area contributed by atoms with Crippen molar-refractivity contribution < 1.29 is 9.63 Å². The predicted octanol–water partition coefficient (Wildman–Crippen LogP) is -0.473. The maximum absolute atomic E-state index is 10.9. The summed E-state index contributed by atoms with van der Waals surface area (Å²) in [5, 5.41) is 8.61. The van der Waals surface area contributed by atoms with Crippen LogP contribution in [0.1, 0.15) is 12.2 Å². The van der Waals surface area contributed by atoms with E-state index < -0.39 is 5.97 Å². The van der Waals surface area contributed by atoms with Gasteiger partial charge in [0, 0.05) is 12.8 Å². The standard InChI is InChI=1S/C7H13N5O2S/c1-5-9-10-7(12(5)2)15-4-3-6(13)14-11-8/h11H,3-4,8H2,1-2H3. The number of rotatable bonds is 5. The summed E-state index contributed by atoms with van der Waals surface area (Å²) in [6.45, 7) is 1.86. The molecule has 1 rings (SSSR count). The number of nitrogens with one attached hydrogen (secondary N) is 1. The minimum atomic E-state index is -0.399. The van der Waals surface area contributed by atoms with Crippen molar-refractivity contribution in [2.45, 2.75) is 18.5 Å². The molecule has 0 saturated heterocycles. The average Bonchev–Trinajstić information content (AvgIpc) is 2.50. The predicted molar refractivity (Wildman–Crippen MR) is 54.5 cm³/mol. The molecule has 84 valence electrons. The quantitative estimate of drug-likeness (QED) is 0.401. The number of hydrazine groups is 1. The lowest BCUT2D eigenvalue weighted by molar-refractivity contribution is -0.150. The van der Waals surface area contributed by atoms with Gasteiger partial charge in [-0.1, -0.05) is 17.4 Å². The number of nitrogens with zero attached hydrogens (tertiary/aromatic N) is 3. The summed E-state index contributed by atoms with van der Waals surface area (Å²) in [6.07, 6.45) is 0.265. The van der Waals surface area contributed by atoms with Gasteiger partial charge in [-0.15, -0.1) is 10.2 Å². The van der Waals surface area contributed by atoms with E-state index in [-0.39, 0.29) is 6.42 Å². The molecule has 0 radical (unpaired) electrons. The fourth-order valence-electron chi connectivity index (χ4n) is 0.856. The molecule has 8 heteroatoms. The van der Waals surface area contributed by atoms with Gasteiger partial charge in [-0.3, -0.25) is 4.79 Å². The Morgan fingerprint density at radius 1 is 1.67 bits per heavy atom. The second-order valence-electron chi connectivity index (χ2n) is 2.78. The maximum atomic E-state index is 10.9. The molecule has 0 unspecified atom stereocenters. The first-order chi connectivity index (χ1) is 7.15. The van der Waals surface area contributed by atoms with Crippen LogP contribution in [0, 0.1) is 6.92 Å². The maximum Gasteiger partial charge on any atom is 0.327 e. The normalized spacial score (nSPS) is 10.3. The second-order valence-corrected chi connectivity index (χ2v) is 3.84. The summed E-state index contributed by atoms with van der Waals surface area (Å²) in [7, 11) is 1.87. The summed E-state index contributed by atoms with van der Waals surface area (Å²) in [5.41, 5.74) is 1.84. The van der Waals surface area contributed by atoms with Gasteiger partial charge < -0.3 is 9.40 Å². The Morgan fingerprint density at radius 2 is 2.40 bits per heavy atom. The molecule has 1 heterocycles. The third-order valence-corrected chi connectivity index (χ3v) is 2.78. The number of hydrogen-bond acceptors (Lipinski definition) is 7. The summed E-state index contributed by atoms with van der Waals surface area (Å²) >= 11 is 1.44. The lowest BCUT2D eigenvalue weighted by Gasteiger charge is -2.01. The van der Waals surface area contributed by atoms with Gasteiger partial charge in [-0.05, 0) is 6.92 Å². The number of aromatic nitrogens is 3. The molecular formula is C7H13N5O2S. The van der Waals surface area contributed by atoms with Crippen LogP contribution in [0.25, 0.3) is 0 Å². The Kier molecular flexibility index (Phi) is 4.53. The number of thioether (sulfide) groups is 1. The first-order valence-electron chi connectivity index (χ1n) is 4.29. The van der Waals surface area contributed by atoms with Crippen molar-refractivity contribution in [3.05, 3.63) is 5.82 Å². The van der Waals surface area contributed by atoms with Gasteiger partial charge in [-0.2, -0.15) is 0 Å². The minimum absolute atomic E-state index is 0.265. The Bertz CT molecular complexity index is 340. The highest BCUT2D eigenvalue weighted by atomic mass is 32.2. The molecule has 1 aromatic heterocycles. The third-order valence-electron chi connectivity index (χ3n) is 1.76. The number of hydrogen-bond donors (Lipinski definition) is 2. The van der Waals surface area contributed by atoms with Crippen molar-refractivity contribution in [1.82, 2.24) is 20.4 Å². The van der Waals surface area contributed by atoms with E-state index >= 15 is 0 Å². The smallest absolute Gasteiger partial charge is 0.327 e. The highest BCUT2D eigenvalue weighted by molar-refractivity contribution is 7.99. The molecule has 0 bridgehead atoms. The Hall–Kier alpha value is -1.12. The summed E-state index contributed by atoms with van der Waals surface area (Å²) in [6, 6.07) is 0. The van der Waals surface area contributed by atoms with E-state index in [1.165, 1.54) is 11.8 Å². The van der Waals surface area contributed by atoms with Crippen molar-refractivity contribution >= 4 is 17.7 Å². The summed E-state index contributed by atoms with van der Waals surface area (Å²) in [4.78, 5) is 15.3. The van der Waals surface area contributed by atoms with Crippen LogP contribution in [0.4, 0.5) is 0 Å². The van der Waals surface area contributed by atoms with Crippen LogP contribution < -0.4 is 11.4 Å². The van der Waals surface area contributed by atoms with Crippen molar-refractivity contribution in [3.8, 4) is 0 Å². The molecule has 0 saturated carbocycles. The van der Waals surface area contributed by atoms with Gasteiger partial charge in [0.15, 0.2) is 5.16 Å². The number of carbonyl (C=O) groups is 1. The monoisotopic (exact) mass is 231 g/mol. The van der Waals surface area contributed by atoms with Gasteiger partial charge in [0.25, 0.3) is 0 Å². The highest BCUT2D eigenvalue weighted by Crippen LogP contribution is 2.15. The number of carbonyl (C=O) groups excluding carboxylic acids is 1. The molecule has 0 aromatic carbocycles. The molecule has 0 aliphatic heterocycles. The zero-order valence-electron chi connectivity index (χ0n) is 8.56. The molecule has 0 aliphatic rings. The zero-order chi connectivity index (χ0) is 11.3. The fourth-order valence-corrected chi connectivity index (χ4v) is 1.73. The van der Waals surface area contributed by atoms with E-state index in [1.807, 2.05) is 24.1 Å². The summed E-state index contributed by atoms with van der Waals surface area (Å²) in [5.74, 6) is 5.83. The van der Waals surface area contributed by atoms with Crippen molar-refractivity contribution in [2.75, 3.05) is 5.75 Å². The van der Waals surface area contributed by atoms with Crippen LogP contribution in [0.15, 0.2) is 5.16 Å². The molecule has 7 nitrogen and oxygen atoms in total. The lowest BCUT2D eigenvalue weighted by atomic mass is 10.5. The number of aryl methyl sites for hydroxylation is 1. The molecule has 0 aliphatic carbocycles. The van der Waals surface area contributed by atoms with Crippen molar-refractivity contribution in [1.29, 1.82) is 0 Å². The van der Waals surface area contributed by atoms with Gasteiger partial charge in [0.05, 0.1) is 6.42 Å². The van der Waals surface area contributed by atoms with E-state index in [4.69, 9.17) is 5.84 Å². The zero-order valence-corrected chi connectivity index (χ0v) is 9.37. The Labute approximate surface area is 91.3 Å². The van der Waals surface area contributed by atoms with E-state index in [0.717, 1.165) is 11.0 Å². The van der Waals surface area contributed by atoms with Gasteiger partial charge >= 0.3 is 5.97 Å². The molecule has 1 aromatic rings.